The Bertz CT molecular complexity index is 593. The van der Waals surface area contributed by atoms with Crippen molar-refractivity contribution in [2.75, 3.05) is 28.2 Å². The first kappa shape index (κ1) is 19.8. The largest absolute Gasteiger partial charge is 0.381 e. The van der Waals surface area contributed by atoms with E-state index < -0.39 is 0 Å². The number of allylic oxidation sites excluding steroid dienone is 2. The van der Waals surface area contributed by atoms with Crippen molar-refractivity contribution in [2.24, 2.45) is 40.4 Å². The molecule has 0 bridgehead atoms. The first-order valence-electron chi connectivity index (χ1n) is 11.7. The molecule has 4 rings (SSSR count). The second kappa shape index (κ2) is 6.78. The van der Waals surface area contributed by atoms with Gasteiger partial charge >= 0.3 is 0 Å². The van der Waals surface area contributed by atoms with Crippen molar-refractivity contribution in [3.63, 3.8) is 0 Å². The maximum absolute atomic E-state index is 2.69. The molecule has 0 aromatic carbocycles. The van der Waals surface area contributed by atoms with E-state index in [1.54, 1.807) is 5.70 Å². The zero-order chi connectivity index (χ0) is 19.6. The molecule has 4 aliphatic rings. The molecule has 154 valence electrons. The highest BCUT2D eigenvalue weighted by Gasteiger charge is 2.60. The standard InChI is InChI=1S/C25H44N2/c1-17(26(4)5)21-10-11-22-20-9-8-18-16-19(27(6)7)12-14-24(18,2)23(20)13-15-25(21,22)3/h12,17-18,20-23H,8-11,13-16H2,1-7H3. The first-order valence-corrected chi connectivity index (χ1v) is 11.7. The highest BCUT2D eigenvalue weighted by molar-refractivity contribution is 5.16. The molecule has 2 nitrogen and oxygen atoms in total. The van der Waals surface area contributed by atoms with Gasteiger partial charge in [0.1, 0.15) is 0 Å². The van der Waals surface area contributed by atoms with Crippen LogP contribution >= 0.6 is 0 Å². The van der Waals surface area contributed by atoms with E-state index in [9.17, 15) is 0 Å². The van der Waals surface area contributed by atoms with Crippen molar-refractivity contribution in [2.45, 2.75) is 78.2 Å². The van der Waals surface area contributed by atoms with Crippen LogP contribution in [0.25, 0.3) is 0 Å². The van der Waals surface area contributed by atoms with Crippen LogP contribution in [-0.2, 0) is 0 Å². The Hall–Kier alpha value is -0.500. The zero-order valence-electron chi connectivity index (χ0n) is 19.1. The third-order valence-corrected chi connectivity index (χ3v) is 10.3. The van der Waals surface area contributed by atoms with Gasteiger partial charge in [-0.25, -0.2) is 0 Å². The molecule has 0 aromatic rings. The summed E-state index contributed by atoms with van der Waals surface area (Å²) in [6, 6.07) is 0.726. The number of hydrogen-bond donors (Lipinski definition) is 0. The molecule has 0 aliphatic heterocycles. The quantitative estimate of drug-likeness (QED) is 0.631. The van der Waals surface area contributed by atoms with Crippen LogP contribution in [0.15, 0.2) is 11.8 Å². The summed E-state index contributed by atoms with van der Waals surface area (Å²) in [5.41, 5.74) is 2.75. The molecule has 27 heavy (non-hydrogen) atoms. The fraction of sp³-hybridized carbons (Fsp3) is 0.920. The molecule has 0 aromatic heterocycles. The van der Waals surface area contributed by atoms with Gasteiger partial charge in [-0.2, -0.15) is 0 Å². The molecular formula is C25H44N2. The molecule has 0 amide bonds. The van der Waals surface area contributed by atoms with Crippen molar-refractivity contribution < 1.29 is 0 Å². The van der Waals surface area contributed by atoms with E-state index in [0.717, 1.165) is 35.6 Å². The molecule has 4 aliphatic carbocycles. The maximum Gasteiger partial charge on any atom is 0.00944 e. The molecule has 3 saturated carbocycles. The Morgan fingerprint density at radius 2 is 1.63 bits per heavy atom. The lowest BCUT2D eigenvalue weighted by Crippen LogP contribution is -2.54. The van der Waals surface area contributed by atoms with E-state index in [0.29, 0.717) is 10.8 Å². The fourth-order valence-corrected chi connectivity index (χ4v) is 8.42. The predicted molar refractivity (Wildman–Crippen MR) is 116 cm³/mol. The predicted octanol–water partition coefficient (Wildman–Crippen LogP) is 5.65. The zero-order valence-corrected chi connectivity index (χ0v) is 19.1. The van der Waals surface area contributed by atoms with Crippen LogP contribution in [-0.4, -0.2) is 44.0 Å². The van der Waals surface area contributed by atoms with Crippen LogP contribution in [0.4, 0.5) is 0 Å². The number of rotatable bonds is 3. The van der Waals surface area contributed by atoms with E-state index in [1.807, 2.05) is 0 Å². The summed E-state index contributed by atoms with van der Waals surface area (Å²) in [6.45, 7) is 7.84. The minimum Gasteiger partial charge on any atom is -0.381 e. The smallest absolute Gasteiger partial charge is 0.00944 e. The summed E-state index contributed by atoms with van der Waals surface area (Å²) in [5.74, 6) is 4.78. The van der Waals surface area contributed by atoms with Gasteiger partial charge in [-0.3, -0.25) is 0 Å². The molecule has 8 atom stereocenters. The van der Waals surface area contributed by atoms with E-state index in [1.165, 1.54) is 51.4 Å². The van der Waals surface area contributed by atoms with Crippen LogP contribution in [0.1, 0.15) is 72.1 Å². The normalized spacial score (nSPS) is 47.7. The van der Waals surface area contributed by atoms with Crippen LogP contribution in [0.2, 0.25) is 0 Å². The lowest BCUT2D eigenvalue weighted by atomic mass is 9.45. The molecule has 0 saturated heterocycles. The maximum atomic E-state index is 2.69. The lowest BCUT2D eigenvalue weighted by Gasteiger charge is -2.60. The molecule has 3 fully saturated rings. The second-order valence-electron chi connectivity index (χ2n) is 11.6. The average Bonchev–Trinajstić information content (AvgIpc) is 2.97. The molecule has 0 radical (unpaired) electrons. The second-order valence-corrected chi connectivity index (χ2v) is 11.6. The summed E-state index contributed by atoms with van der Waals surface area (Å²) < 4.78 is 0. The molecule has 2 heteroatoms. The minimum absolute atomic E-state index is 0.564. The monoisotopic (exact) mass is 372 g/mol. The Morgan fingerprint density at radius 3 is 2.30 bits per heavy atom. The Balaban J connectivity index is 1.58. The van der Waals surface area contributed by atoms with E-state index in [-0.39, 0.29) is 0 Å². The lowest BCUT2D eigenvalue weighted by molar-refractivity contribution is -0.103. The highest BCUT2D eigenvalue weighted by Crippen LogP contribution is 2.67. The van der Waals surface area contributed by atoms with Gasteiger partial charge < -0.3 is 9.80 Å². The Morgan fingerprint density at radius 1 is 0.926 bits per heavy atom. The SMILES string of the molecule is CC(C1CCC2C3CCC4CC(N(C)C)=CCC4(C)C3CCC21C)N(C)C. The summed E-state index contributed by atoms with van der Waals surface area (Å²) >= 11 is 0. The fourth-order valence-electron chi connectivity index (χ4n) is 8.42. The third kappa shape index (κ3) is 2.92. The van der Waals surface area contributed by atoms with Crippen LogP contribution < -0.4 is 0 Å². The summed E-state index contributed by atoms with van der Waals surface area (Å²) in [5, 5.41) is 0. The van der Waals surface area contributed by atoms with Gasteiger partial charge in [0, 0.05) is 25.8 Å². The van der Waals surface area contributed by atoms with Crippen LogP contribution in [0.5, 0.6) is 0 Å². The molecule has 0 heterocycles. The summed E-state index contributed by atoms with van der Waals surface area (Å²) in [7, 11) is 9.04. The van der Waals surface area contributed by atoms with E-state index in [4.69, 9.17) is 0 Å². The van der Waals surface area contributed by atoms with Crippen LogP contribution in [0, 0.1) is 40.4 Å². The first-order chi connectivity index (χ1) is 12.7. The summed E-state index contributed by atoms with van der Waals surface area (Å²) in [4.78, 5) is 4.85. The highest BCUT2D eigenvalue weighted by atomic mass is 15.1. The van der Waals surface area contributed by atoms with Crippen molar-refractivity contribution in [1.82, 2.24) is 9.80 Å². The van der Waals surface area contributed by atoms with E-state index in [2.05, 4.69) is 64.8 Å². The van der Waals surface area contributed by atoms with Crippen molar-refractivity contribution in [3.8, 4) is 0 Å². The average molecular weight is 373 g/mol. The van der Waals surface area contributed by atoms with Crippen molar-refractivity contribution in [1.29, 1.82) is 0 Å². The number of hydrogen-bond acceptors (Lipinski definition) is 2. The Labute approximate surface area is 168 Å². The van der Waals surface area contributed by atoms with E-state index >= 15 is 0 Å². The molecule has 0 spiro atoms. The van der Waals surface area contributed by atoms with Gasteiger partial charge in [0.15, 0.2) is 0 Å². The number of fused-ring (bicyclic) bond motifs is 5. The van der Waals surface area contributed by atoms with Crippen molar-refractivity contribution in [3.05, 3.63) is 11.8 Å². The third-order valence-electron chi connectivity index (χ3n) is 10.3. The van der Waals surface area contributed by atoms with Gasteiger partial charge in [0.2, 0.25) is 0 Å². The van der Waals surface area contributed by atoms with Crippen molar-refractivity contribution >= 4 is 0 Å². The van der Waals surface area contributed by atoms with Crippen LogP contribution in [0.3, 0.4) is 0 Å². The summed E-state index contributed by atoms with van der Waals surface area (Å²) in [6.07, 6.45) is 14.2. The molecule has 0 N–H and O–H groups in total. The Kier molecular flexibility index (Phi) is 4.98. The minimum atomic E-state index is 0.564. The molecular weight excluding hydrogens is 328 g/mol. The molecule has 8 unspecified atom stereocenters. The van der Waals surface area contributed by atoms with Gasteiger partial charge in [0.05, 0.1) is 0 Å². The van der Waals surface area contributed by atoms with Gasteiger partial charge in [-0.15, -0.1) is 0 Å². The van der Waals surface area contributed by atoms with Gasteiger partial charge in [0.25, 0.3) is 0 Å². The number of nitrogens with zero attached hydrogens (tertiary/aromatic N) is 2. The van der Waals surface area contributed by atoms with Gasteiger partial charge in [-0.1, -0.05) is 19.9 Å². The van der Waals surface area contributed by atoms with Gasteiger partial charge in [-0.05, 0) is 113 Å². The topological polar surface area (TPSA) is 6.48 Å².